The highest BCUT2D eigenvalue weighted by Gasteiger charge is 2.07. The van der Waals surface area contributed by atoms with Gasteiger partial charge in [-0.05, 0) is 5.56 Å². The van der Waals surface area contributed by atoms with Gasteiger partial charge in [-0.3, -0.25) is 0 Å². The van der Waals surface area contributed by atoms with Gasteiger partial charge >= 0.3 is 0 Å². The third kappa shape index (κ3) is 2.46. The summed E-state index contributed by atoms with van der Waals surface area (Å²) in [5.41, 5.74) is 2.14. The summed E-state index contributed by atoms with van der Waals surface area (Å²) in [7, 11) is 1.89. The van der Waals surface area contributed by atoms with Gasteiger partial charge in [0, 0.05) is 12.8 Å². The van der Waals surface area contributed by atoms with Gasteiger partial charge in [0.05, 0.1) is 18.6 Å². The van der Waals surface area contributed by atoms with E-state index in [0.717, 1.165) is 16.5 Å². The average molecular weight is 234 g/mol. The van der Waals surface area contributed by atoms with Crippen LogP contribution in [0.2, 0.25) is 0 Å². The molecular formula is C12H14N2OS. The number of aliphatic hydroxyl groups excluding tert-OH is 1. The fourth-order valence-corrected chi connectivity index (χ4v) is 2.45. The number of aliphatic hydroxyl groups is 1. The molecule has 0 saturated carbocycles. The minimum absolute atomic E-state index is 0.0353. The first kappa shape index (κ1) is 11.2. The monoisotopic (exact) mass is 234 g/mol. The van der Waals surface area contributed by atoms with Crippen molar-refractivity contribution in [1.82, 2.24) is 9.55 Å². The van der Waals surface area contributed by atoms with Gasteiger partial charge in [-0.1, -0.05) is 42.1 Å². The van der Waals surface area contributed by atoms with Crippen molar-refractivity contribution in [2.45, 2.75) is 17.4 Å². The number of thioether (sulfide) groups is 1. The van der Waals surface area contributed by atoms with E-state index in [0.29, 0.717) is 0 Å². The van der Waals surface area contributed by atoms with Crippen LogP contribution < -0.4 is 0 Å². The molecule has 2 rings (SSSR count). The third-order valence-electron chi connectivity index (χ3n) is 2.39. The average Bonchev–Trinajstić information content (AvgIpc) is 2.68. The van der Waals surface area contributed by atoms with Crippen LogP contribution in [0.5, 0.6) is 0 Å². The zero-order chi connectivity index (χ0) is 11.4. The smallest absolute Gasteiger partial charge is 0.120 e. The molecule has 0 fully saturated rings. The van der Waals surface area contributed by atoms with Gasteiger partial charge in [-0.15, -0.1) is 0 Å². The number of rotatable bonds is 4. The highest BCUT2D eigenvalue weighted by atomic mass is 32.2. The summed E-state index contributed by atoms with van der Waals surface area (Å²) in [6.45, 7) is 0.0353. The highest BCUT2D eigenvalue weighted by molar-refractivity contribution is 7.98. The number of hydrogen-bond acceptors (Lipinski definition) is 3. The van der Waals surface area contributed by atoms with E-state index in [9.17, 15) is 5.11 Å². The molecule has 0 spiro atoms. The Morgan fingerprint density at radius 2 is 2.06 bits per heavy atom. The summed E-state index contributed by atoms with van der Waals surface area (Å²) in [6.07, 6.45) is 1.74. The van der Waals surface area contributed by atoms with E-state index in [1.807, 2.05) is 29.8 Å². The molecular weight excluding hydrogens is 220 g/mol. The summed E-state index contributed by atoms with van der Waals surface area (Å²) in [4.78, 5) is 4.27. The lowest BCUT2D eigenvalue weighted by Gasteiger charge is -2.02. The van der Waals surface area contributed by atoms with E-state index in [4.69, 9.17) is 0 Å². The predicted octanol–water partition coefficient (Wildman–Crippen LogP) is 2.20. The molecule has 0 radical (unpaired) electrons. The number of aromatic nitrogens is 2. The van der Waals surface area contributed by atoms with Gasteiger partial charge in [0.15, 0.2) is 0 Å². The standard InChI is InChI=1S/C12H14N2OS/c1-14-9-13-12(11(14)7-15)16-8-10-5-3-2-4-6-10/h2-6,9,15H,7-8H2,1H3. The quantitative estimate of drug-likeness (QED) is 0.824. The van der Waals surface area contributed by atoms with Crippen molar-refractivity contribution >= 4 is 11.8 Å². The second-order valence-electron chi connectivity index (χ2n) is 3.54. The molecule has 2 aromatic rings. The molecule has 0 saturated heterocycles. The first-order chi connectivity index (χ1) is 7.81. The van der Waals surface area contributed by atoms with E-state index < -0.39 is 0 Å². The van der Waals surface area contributed by atoms with Crippen LogP contribution in [0, 0.1) is 0 Å². The lowest BCUT2D eigenvalue weighted by Crippen LogP contribution is -1.95. The Kier molecular flexibility index (Phi) is 3.64. The van der Waals surface area contributed by atoms with E-state index in [-0.39, 0.29) is 6.61 Å². The molecule has 4 heteroatoms. The molecule has 1 aromatic heterocycles. The highest BCUT2D eigenvalue weighted by Crippen LogP contribution is 2.24. The summed E-state index contributed by atoms with van der Waals surface area (Å²) in [5, 5.41) is 10.1. The molecule has 0 atom stereocenters. The first-order valence-corrected chi connectivity index (χ1v) is 6.07. The Morgan fingerprint density at radius 1 is 1.31 bits per heavy atom. The Labute approximate surface area is 99.1 Å². The molecule has 0 amide bonds. The Balaban J connectivity index is 2.05. The summed E-state index contributed by atoms with van der Waals surface area (Å²) in [5.74, 6) is 0.880. The second-order valence-corrected chi connectivity index (χ2v) is 4.50. The zero-order valence-electron chi connectivity index (χ0n) is 9.13. The van der Waals surface area contributed by atoms with Crippen LogP contribution in [0.3, 0.4) is 0 Å². The topological polar surface area (TPSA) is 38.0 Å². The molecule has 0 aliphatic heterocycles. The number of aryl methyl sites for hydroxylation is 1. The van der Waals surface area contributed by atoms with Crippen molar-refractivity contribution in [3.63, 3.8) is 0 Å². The zero-order valence-corrected chi connectivity index (χ0v) is 9.94. The Bertz CT molecular complexity index is 453. The van der Waals surface area contributed by atoms with Crippen molar-refractivity contribution in [1.29, 1.82) is 0 Å². The lowest BCUT2D eigenvalue weighted by molar-refractivity contribution is 0.269. The normalized spacial score (nSPS) is 10.6. The van der Waals surface area contributed by atoms with Crippen molar-refractivity contribution in [3.8, 4) is 0 Å². The maximum Gasteiger partial charge on any atom is 0.120 e. The minimum atomic E-state index is 0.0353. The van der Waals surface area contributed by atoms with Crippen LogP contribution in [0.1, 0.15) is 11.3 Å². The molecule has 0 aliphatic carbocycles. The fraction of sp³-hybridized carbons (Fsp3) is 0.250. The maximum atomic E-state index is 9.21. The van der Waals surface area contributed by atoms with Gasteiger partial charge in [0.2, 0.25) is 0 Å². The van der Waals surface area contributed by atoms with Gasteiger partial charge in [0.1, 0.15) is 5.03 Å². The fourth-order valence-electron chi connectivity index (χ4n) is 1.46. The van der Waals surface area contributed by atoms with Crippen molar-refractivity contribution in [2.24, 2.45) is 7.05 Å². The molecule has 1 aromatic carbocycles. The van der Waals surface area contributed by atoms with Crippen molar-refractivity contribution in [2.75, 3.05) is 0 Å². The molecule has 1 N–H and O–H groups in total. The van der Waals surface area contributed by atoms with Crippen molar-refractivity contribution < 1.29 is 5.11 Å². The molecule has 0 aliphatic rings. The number of nitrogens with zero attached hydrogens (tertiary/aromatic N) is 2. The number of benzene rings is 1. The largest absolute Gasteiger partial charge is 0.390 e. The Morgan fingerprint density at radius 3 is 2.75 bits per heavy atom. The van der Waals surface area contributed by atoms with Crippen LogP contribution in [0.15, 0.2) is 41.7 Å². The van der Waals surface area contributed by atoms with E-state index in [1.54, 1.807) is 18.1 Å². The molecule has 3 nitrogen and oxygen atoms in total. The molecule has 0 unspecified atom stereocenters. The van der Waals surface area contributed by atoms with Crippen LogP contribution in [0.25, 0.3) is 0 Å². The number of imidazole rings is 1. The van der Waals surface area contributed by atoms with E-state index in [1.165, 1.54) is 5.56 Å². The third-order valence-corrected chi connectivity index (χ3v) is 3.48. The van der Waals surface area contributed by atoms with E-state index >= 15 is 0 Å². The Hall–Kier alpha value is -1.26. The molecule has 1 heterocycles. The molecule has 0 bridgehead atoms. The predicted molar refractivity (Wildman–Crippen MR) is 65.1 cm³/mol. The summed E-state index contributed by atoms with van der Waals surface area (Å²) >= 11 is 1.65. The van der Waals surface area contributed by atoms with E-state index in [2.05, 4.69) is 17.1 Å². The van der Waals surface area contributed by atoms with Crippen LogP contribution >= 0.6 is 11.8 Å². The second kappa shape index (κ2) is 5.18. The number of hydrogen-bond donors (Lipinski definition) is 1. The van der Waals surface area contributed by atoms with Crippen LogP contribution in [0.4, 0.5) is 0 Å². The van der Waals surface area contributed by atoms with Crippen LogP contribution in [-0.4, -0.2) is 14.7 Å². The summed E-state index contributed by atoms with van der Waals surface area (Å²) < 4.78 is 1.85. The van der Waals surface area contributed by atoms with Crippen LogP contribution in [-0.2, 0) is 19.4 Å². The summed E-state index contributed by atoms with van der Waals surface area (Å²) in [6, 6.07) is 10.2. The maximum absolute atomic E-state index is 9.21. The van der Waals surface area contributed by atoms with Gasteiger partial charge in [-0.25, -0.2) is 4.98 Å². The molecule has 16 heavy (non-hydrogen) atoms. The minimum Gasteiger partial charge on any atom is -0.390 e. The first-order valence-electron chi connectivity index (χ1n) is 5.09. The lowest BCUT2D eigenvalue weighted by atomic mass is 10.2. The van der Waals surface area contributed by atoms with Gasteiger partial charge in [0.25, 0.3) is 0 Å². The van der Waals surface area contributed by atoms with Crippen molar-refractivity contribution in [3.05, 3.63) is 47.9 Å². The molecule has 84 valence electrons. The van der Waals surface area contributed by atoms with Gasteiger partial charge < -0.3 is 9.67 Å². The van der Waals surface area contributed by atoms with Gasteiger partial charge in [-0.2, -0.15) is 0 Å². The SMILES string of the molecule is Cn1cnc(SCc2ccccc2)c1CO.